The van der Waals surface area contributed by atoms with E-state index in [1.54, 1.807) is 18.0 Å². The highest BCUT2D eigenvalue weighted by molar-refractivity contribution is 7.99. The summed E-state index contributed by atoms with van der Waals surface area (Å²) < 4.78 is 5.37. The number of hydrogen-bond acceptors (Lipinski definition) is 5. The fourth-order valence-corrected chi connectivity index (χ4v) is 3.98. The molecule has 25 heavy (non-hydrogen) atoms. The van der Waals surface area contributed by atoms with Gasteiger partial charge in [-0.25, -0.2) is 4.79 Å². The SMILES string of the molecule is CC(C)(C)OC(=O)NC1(C(=O)CSCc2cccnc2)CCCCC1. The number of rotatable bonds is 6. The van der Waals surface area contributed by atoms with Gasteiger partial charge in [-0.05, 0) is 45.2 Å². The molecular formula is C19H28N2O3S. The molecule has 1 N–H and O–H groups in total. The Labute approximate surface area is 154 Å². The lowest BCUT2D eigenvalue weighted by Crippen LogP contribution is -2.57. The van der Waals surface area contributed by atoms with Crippen LogP contribution in [0.2, 0.25) is 0 Å². The molecule has 1 aliphatic rings. The molecule has 5 nitrogen and oxygen atoms in total. The molecule has 0 bridgehead atoms. The van der Waals surface area contributed by atoms with Crippen LogP contribution in [0.1, 0.15) is 58.4 Å². The summed E-state index contributed by atoms with van der Waals surface area (Å²) in [5.41, 5.74) is -0.251. The Kier molecular flexibility index (Phi) is 6.87. The maximum absolute atomic E-state index is 12.9. The molecule has 6 heteroatoms. The Balaban J connectivity index is 1.95. The zero-order valence-electron chi connectivity index (χ0n) is 15.3. The highest BCUT2D eigenvalue weighted by atomic mass is 32.2. The van der Waals surface area contributed by atoms with Gasteiger partial charge in [0.2, 0.25) is 0 Å². The molecule has 1 aliphatic carbocycles. The molecule has 0 atom stereocenters. The summed E-state index contributed by atoms with van der Waals surface area (Å²) >= 11 is 1.57. The van der Waals surface area contributed by atoms with Gasteiger partial charge < -0.3 is 10.1 Å². The molecule has 2 rings (SSSR count). The van der Waals surface area contributed by atoms with Gasteiger partial charge in [0.05, 0.1) is 5.75 Å². The molecule has 0 spiro atoms. The van der Waals surface area contributed by atoms with E-state index in [4.69, 9.17) is 4.74 Å². The first-order chi connectivity index (χ1) is 11.8. The lowest BCUT2D eigenvalue weighted by atomic mass is 9.79. The van der Waals surface area contributed by atoms with E-state index in [1.807, 2.05) is 39.1 Å². The third-order valence-electron chi connectivity index (χ3n) is 4.21. The number of amides is 1. The Bertz CT molecular complexity index is 578. The van der Waals surface area contributed by atoms with Crippen LogP contribution in [-0.2, 0) is 15.3 Å². The number of ether oxygens (including phenoxy) is 1. The third-order valence-corrected chi connectivity index (χ3v) is 5.21. The summed E-state index contributed by atoms with van der Waals surface area (Å²) in [7, 11) is 0. The Morgan fingerprint density at radius 1 is 1.28 bits per heavy atom. The number of ketones is 1. The highest BCUT2D eigenvalue weighted by Crippen LogP contribution is 2.31. The van der Waals surface area contributed by atoms with Gasteiger partial charge in [-0.15, -0.1) is 11.8 Å². The molecule has 0 saturated heterocycles. The van der Waals surface area contributed by atoms with Gasteiger partial charge in [0, 0.05) is 18.1 Å². The first-order valence-corrected chi connectivity index (χ1v) is 9.97. The van der Waals surface area contributed by atoms with Crippen LogP contribution in [-0.4, -0.2) is 33.8 Å². The van der Waals surface area contributed by atoms with E-state index in [-0.39, 0.29) is 5.78 Å². The Morgan fingerprint density at radius 2 is 2.00 bits per heavy atom. The standard InChI is InChI=1S/C19H28N2O3S/c1-18(2,3)24-17(23)21-19(9-5-4-6-10-19)16(22)14-25-13-15-8-7-11-20-12-15/h7-8,11-12H,4-6,9-10,13-14H2,1-3H3,(H,21,23). The largest absolute Gasteiger partial charge is 0.444 e. The summed E-state index contributed by atoms with van der Waals surface area (Å²) in [6, 6.07) is 3.89. The van der Waals surface area contributed by atoms with Gasteiger partial charge in [0.1, 0.15) is 11.1 Å². The van der Waals surface area contributed by atoms with Crippen molar-refractivity contribution < 1.29 is 14.3 Å². The molecule has 1 aromatic rings. The molecule has 1 saturated carbocycles. The van der Waals surface area contributed by atoms with Crippen molar-refractivity contribution in [2.45, 2.75) is 69.8 Å². The minimum absolute atomic E-state index is 0.0898. The number of aromatic nitrogens is 1. The minimum Gasteiger partial charge on any atom is -0.444 e. The Morgan fingerprint density at radius 3 is 2.60 bits per heavy atom. The fraction of sp³-hybridized carbons (Fsp3) is 0.632. The second-order valence-corrected chi connectivity index (χ2v) is 8.53. The minimum atomic E-state index is -0.775. The molecule has 1 aromatic heterocycles. The number of Topliss-reactive ketones (excluding diaryl/α,β-unsaturated/α-hetero) is 1. The number of nitrogens with one attached hydrogen (secondary N) is 1. The molecule has 1 fully saturated rings. The lowest BCUT2D eigenvalue weighted by Gasteiger charge is -2.37. The van der Waals surface area contributed by atoms with Crippen LogP contribution >= 0.6 is 11.8 Å². The first-order valence-electron chi connectivity index (χ1n) is 8.82. The van der Waals surface area contributed by atoms with Crippen LogP contribution in [0.5, 0.6) is 0 Å². The smallest absolute Gasteiger partial charge is 0.408 e. The summed E-state index contributed by atoms with van der Waals surface area (Å²) in [5.74, 6) is 1.21. The van der Waals surface area contributed by atoms with Crippen molar-refractivity contribution in [2.75, 3.05) is 5.75 Å². The van der Waals surface area contributed by atoms with E-state index in [1.165, 1.54) is 0 Å². The van der Waals surface area contributed by atoms with Gasteiger partial charge in [-0.1, -0.05) is 25.3 Å². The van der Waals surface area contributed by atoms with Crippen LogP contribution in [0.4, 0.5) is 4.79 Å². The quantitative estimate of drug-likeness (QED) is 0.822. The van der Waals surface area contributed by atoms with Crippen molar-refractivity contribution >= 4 is 23.6 Å². The predicted molar refractivity (Wildman–Crippen MR) is 101 cm³/mol. The van der Waals surface area contributed by atoms with Gasteiger partial charge in [0.15, 0.2) is 5.78 Å². The number of carbonyl (C=O) groups is 2. The predicted octanol–water partition coefficient (Wildman–Crippen LogP) is 4.11. The lowest BCUT2D eigenvalue weighted by molar-refractivity contribution is -0.124. The highest BCUT2D eigenvalue weighted by Gasteiger charge is 2.41. The van der Waals surface area contributed by atoms with Crippen LogP contribution in [0.25, 0.3) is 0 Å². The van der Waals surface area contributed by atoms with Crippen molar-refractivity contribution in [1.29, 1.82) is 0 Å². The van der Waals surface area contributed by atoms with Crippen molar-refractivity contribution in [1.82, 2.24) is 10.3 Å². The van der Waals surface area contributed by atoms with Gasteiger partial charge >= 0.3 is 6.09 Å². The zero-order valence-corrected chi connectivity index (χ0v) is 16.2. The van der Waals surface area contributed by atoms with Gasteiger partial charge in [-0.3, -0.25) is 9.78 Å². The number of hydrogen-bond donors (Lipinski definition) is 1. The average molecular weight is 365 g/mol. The number of thioether (sulfide) groups is 1. The van der Waals surface area contributed by atoms with E-state index < -0.39 is 17.2 Å². The first kappa shape index (κ1) is 19.8. The molecule has 0 radical (unpaired) electrons. The van der Waals surface area contributed by atoms with Crippen molar-refractivity contribution in [3.63, 3.8) is 0 Å². The van der Waals surface area contributed by atoms with E-state index >= 15 is 0 Å². The number of alkyl carbamates (subject to hydrolysis) is 1. The topological polar surface area (TPSA) is 68.3 Å². The molecule has 1 heterocycles. The monoisotopic (exact) mass is 364 g/mol. The van der Waals surface area contributed by atoms with Crippen molar-refractivity contribution in [3.8, 4) is 0 Å². The second-order valence-electron chi connectivity index (χ2n) is 7.55. The third kappa shape index (κ3) is 6.34. The second kappa shape index (κ2) is 8.70. The number of carbonyl (C=O) groups excluding carboxylic acids is 2. The molecule has 0 aromatic carbocycles. The summed E-state index contributed by atoms with van der Waals surface area (Å²) in [5, 5.41) is 2.90. The maximum Gasteiger partial charge on any atom is 0.408 e. The number of nitrogens with zero attached hydrogens (tertiary/aromatic N) is 1. The van der Waals surface area contributed by atoms with Crippen LogP contribution < -0.4 is 5.32 Å². The summed E-state index contributed by atoms with van der Waals surface area (Å²) in [6.07, 6.45) is 7.45. The van der Waals surface area contributed by atoms with Crippen LogP contribution in [0.15, 0.2) is 24.5 Å². The van der Waals surface area contributed by atoms with E-state index in [0.29, 0.717) is 18.6 Å². The average Bonchev–Trinajstić information content (AvgIpc) is 2.54. The van der Waals surface area contributed by atoms with Gasteiger partial charge in [-0.2, -0.15) is 0 Å². The molecule has 0 unspecified atom stereocenters. The van der Waals surface area contributed by atoms with Crippen LogP contribution in [0, 0.1) is 0 Å². The molecule has 1 amide bonds. The maximum atomic E-state index is 12.9. The van der Waals surface area contributed by atoms with Gasteiger partial charge in [0.25, 0.3) is 0 Å². The van der Waals surface area contributed by atoms with E-state index in [9.17, 15) is 9.59 Å². The Hall–Kier alpha value is -1.56. The normalized spacial score (nSPS) is 16.9. The number of pyridine rings is 1. The zero-order chi connectivity index (χ0) is 18.3. The summed E-state index contributed by atoms with van der Waals surface area (Å²) in [4.78, 5) is 29.2. The van der Waals surface area contributed by atoms with Crippen molar-refractivity contribution in [3.05, 3.63) is 30.1 Å². The fourth-order valence-electron chi connectivity index (χ4n) is 3.01. The molecular weight excluding hydrogens is 336 g/mol. The van der Waals surface area contributed by atoms with E-state index in [2.05, 4.69) is 10.3 Å². The molecule has 138 valence electrons. The van der Waals surface area contributed by atoms with E-state index in [0.717, 1.165) is 30.6 Å². The van der Waals surface area contributed by atoms with Crippen LogP contribution in [0.3, 0.4) is 0 Å². The van der Waals surface area contributed by atoms with Crippen molar-refractivity contribution in [2.24, 2.45) is 0 Å². The summed E-state index contributed by atoms with van der Waals surface area (Å²) in [6.45, 7) is 5.48. The molecule has 0 aliphatic heterocycles.